The van der Waals surface area contributed by atoms with Gasteiger partial charge in [-0.15, -0.1) is 6.58 Å². The van der Waals surface area contributed by atoms with Crippen molar-refractivity contribution in [1.82, 2.24) is 4.90 Å². The lowest BCUT2D eigenvalue weighted by Crippen LogP contribution is -2.35. The first-order valence-corrected chi connectivity index (χ1v) is 12.6. The molecule has 0 heterocycles. The van der Waals surface area contributed by atoms with E-state index in [4.69, 9.17) is 14.2 Å². The summed E-state index contributed by atoms with van der Waals surface area (Å²) in [6, 6.07) is 19.0. The van der Waals surface area contributed by atoms with Crippen LogP contribution in [0.2, 0.25) is 0 Å². The van der Waals surface area contributed by atoms with Crippen molar-refractivity contribution in [2.45, 2.75) is 12.8 Å². The number of rotatable bonds is 15. The van der Waals surface area contributed by atoms with E-state index in [1.807, 2.05) is 24.3 Å². The lowest BCUT2D eigenvalue weighted by atomic mass is 10.1. The molecule has 3 aromatic rings. The molecule has 3 aromatic carbocycles. The molecule has 0 aliphatic carbocycles. The zero-order valence-corrected chi connectivity index (χ0v) is 22.7. The fourth-order valence-electron chi connectivity index (χ4n) is 4.27. The first-order chi connectivity index (χ1) is 18.9. The summed E-state index contributed by atoms with van der Waals surface area (Å²) in [5.41, 5.74) is 2.11. The molecule has 0 saturated carbocycles. The van der Waals surface area contributed by atoms with Gasteiger partial charge in [-0.3, -0.25) is 19.8 Å². The molecule has 0 radical (unpaired) electrons. The molecule has 0 fully saturated rings. The number of nitrogens with zero attached hydrogens (tertiary/aromatic N) is 3. The summed E-state index contributed by atoms with van der Waals surface area (Å²) in [5, 5.41) is 11.1. The Balaban J connectivity index is 1.76. The van der Waals surface area contributed by atoms with Crippen molar-refractivity contribution in [3.63, 3.8) is 0 Å². The summed E-state index contributed by atoms with van der Waals surface area (Å²) in [6.07, 6.45) is 3.42. The van der Waals surface area contributed by atoms with Crippen LogP contribution in [0, 0.1) is 10.1 Å². The molecule has 0 unspecified atom stereocenters. The Morgan fingerprint density at radius 3 is 2.31 bits per heavy atom. The molecule has 0 saturated heterocycles. The Hall–Kier alpha value is -4.37. The minimum Gasteiger partial charge on any atom is -0.497 e. The average Bonchev–Trinajstić information content (AvgIpc) is 2.97. The monoisotopic (exact) mass is 533 g/mol. The zero-order valence-electron chi connectivity index (χ0n) is 22.7. The highest BCUT2D eigenvalue weighted by Gasteiger charge is 2.21. The number of nitro benzene ring substituents is 1. The number of carbonyl (C=O) groups is 1. The third kappa shape index (κ3) is 8.05. The van der Waals surface area contributed by atoms with Crippen LogP contribution in [-0.2, 0) is 6.42 Å². The van der Waals surface area contributed by atoms with Crippen molar-refractivity contribution in [3.05, 3.63) is 101 Å². The molecule has 9 heteroatoms. The third-order valence-corrected chi connectivity index (χ3v) is 6.34. The summed E-state index contributed by atoms with van der Waals surface area (Å²) < 4.78 is 16.1. The maximum absolute atomic E-state index is 13.6. The van der Waals surface area contributed by atoms with Crippen LogP contribution in [0.3, 0.4) is 0 Å². The van der Waals surface area contributed by atoms with Gasteiger partial charge in [0.25, 0.3) is 11.6 Å². The maximum Gasteiger partial charge on any atom is 0.269 e. The molecule has 1 amide bonds. The molecule has 0 N–H and O–H groups in total. The van der Waals surface area contributed by atoms with E-state index in [1.165, 1.54) is 29.8 Å². The van der Waals surface area contributed by atoms with Crippen LogP contribution in [0.1, 0.15) is 22.3 Å². The topological polar surface area (TPSA) is 94.4 Å². The summed E-state index contributed by atoms with van der Waals surface area (Å²) in [5.74, 6) is 1.63. The number of anilines is 1. The largest absolute Gasteiger partial charge is 0.497 e. The second-order valence-electron chi connectivity index (χ2n) is 8.84. The van der Waals surface area contributed by atoms with Crippen LogP contribution in [0.4, 0.5) is 11.4 Å². The van der Waals surface area contributed by atoms with Crippen LogP contribution in [0.25, 0.3) is 0 Å². The number of carbonyl (C=O) groups excluding carboxylic acids is 1. The molecule has 3 rings (SSSR count). The summed E-state index contributed by atoms with van der Waals surface area (Å²) in [4.78, 5) is 28.1. The van der Waals surface area contributed by atoms with E-state index in [0.29, 0.717) is 35.7 Å². The molecule has 0 bridgehead atoms. The number of nitro groups is 1. The van der Waals surface area contributed by atoms with Crippen molar-refractivity contribution in [2.75, 3.05) is 52.4 Å². The van der Waals surface area contributed by atoms with Crippen molar-refractivity contribution < 1.29 is 23.9 Å². The van der Waals surface area contributed by atoms with Crippen LogP contribution in [-0.4, -0.2) is 63.2 Å². The van der Waals surface area contributed by atoms with Crippen molar-refractivity contribution in [3.8, 4) is 17.2 Å². The predicted molar refractivity (Wildman–Crippen MR) is 152 cm³/mol. The number of ether oxygens (including phenoxy) is 3. The first-order valence-electron chi connectivity index (χ1n) is 12.6. The summed E-state index contributed by atoms with van der Waals surface area (Å²) >= 11 is 0. The predicted octanol–water partition coefficient (Wildman–Crippen LogP) is 5.39. The number of methoxy groups -OCH3 is 3. The molecule has 39 heavy (non-hydrogen) atoms. The fraction of sp³-hybridized carbons (Fsp3) is 0.300. The first kappa shape index (κ1) is 29.2. The van der Waals surface area contributed by atoms with Crippen molar-refractivity contribution >= 4 is 17.3 Å². The minimum atomic E-state index is -0.486. The lowest BCUT2D eigenvalue weighted by molar-refractivity contribution is -0.384. The quantitative estimate of drug-likeness (QED) is 0.147. The molecule has 0 spiro atoms. The van der Waals surface area contributed by atoms with Gasteiger partial charge in [-0.2, -0.15) is 0 Å². The van der Waals surface area contributed by atoms with Crippen LogP contribution in [0.5, 0.6) is 17.2 Å². The number of hydrogen-bond acceptors (Lipinski definition) is 7. The SMILES string of the molecule is C=CCN(CCCN(C(=O)c1ccc([N+](=O)[O-])cc1)c1ccc(OC)c(OC)c1)CCc1cccc(OC)c1. The van der Waals surface area contributed by atoms with Gasteiger partial charge in [0, 0.05) is 55.6 Å². The Morgan fingerprint density at radius 1 is 0.923 bits per heavy atom. The second-order valence-corrected chi connectivity index (χ2v) is 8.84. The molecule has 0 aromatic heterocycles. The molecular formula is C30H35N3O6. The lowest BCUT2D eigenvalue weighted by Gasteiger charge is -2.26. The Morgan fingerprint density at radius 2 is 1.67 bits per heavy atom. The zero-order chi connectivity index (χ0) is 28.2. The normalized spacial score (nSPS) is 10.7. The van der Waals surface area contributed by atoms with E-state index < -0.39 is 4.92 Å². The Kier molecular flexibility index (Phi) is 10.9. The third-order valence-electron chi connectivity index (χ3n) is 6.34. The highest BCUT2D eigenvalue weighted by Crippen LogP contribution is 2.32. The standard InChI is InChI=1S/C30H35N3O6/c1-5-17-31(20-16-23-8-6-9-27(21-23)37-2)18-7-19-32(26-14-15-28(38-3)29(22-26)39-4)30(34)24-10-12-25(13-11-24)33(35)36/h5-6,8-15,21-22H,1,7,16-20H2,2-4H3. The Bertz CT molecular complexity index is 1260. The number of benzene rings is 3. The highest BCUT2D eigenvalue weighted by atomic mass is 16.6. The van der Waals surface area contributed by atoms with E-state index in [2.05, 4.69) is 17.5 Å². The van der Waals surface area contributed by atoms with Gasteiger partial charge < -0.3 is 19.1 Å². The van der Waals surface area contributed by atoms with Crippen molar-refractivity contribution in [2.24, 2.45) is 0 Å². The van der Waals surface area contributed by atoms with Crippen LogP contribution in [0.15, 0.2) is 79.4 Å². The van der Waals surface area contributed by atoms with Gasteiger partial charge in [0.05, 0.1) is 26.3 Å². The van der Waals surface area contributed by atoms with Gasteiger partial charge in [0.1, 0.15) is 5.75 Å². The van der Waals surface area contributed by atoms with E-state index in [-0.39, 0.29) is 11.6 Å². The number of non-ortho nitro benzene ring substituents is 1. The molecule has 206 valence electrons. The maximum atomic E-state index is 13.6. The summed E-state index contributed by atoms with van der Waals surface area (Å²) in [7, 11) is 4.75. The summed E-state index contributed by atoms with van der Waals surface area (Å²) in [6.45, 7) is 6.61. The highest BCUT2D eigenvalue weighted by molar-refractivity contribution is 6.06. The molecule has 0 atom stereocenters. The van der Waals surface area contributed by atoms with E-state index in [1.54, 1.807) is 44.4 Å². The number of amides is 1. The van der Waals surface area contributed by atoms with Gasteiger partial charge in [-0.05, 0) is 54.8 Å². The fourth-order valence-corrected chi connectivity index (χ4v) is 4.27. The van der Waals surface area contributed by atoms with Gasteiger partial charge in [0.2, 0.25) is 0 Å². The smallest absolute Gasteiger partial charge is 0.269 e. The van der Waals surface area contributed by atoms with E-state index in [9.17, 15) is 14.9 Å². The van der Waals surface area contributed by atoms with Gasteiger partial charge >= 0.3 is 0 Å². The second kappa shape index (κ2) is 14.5. The van der Waals surface area contributed by atoms with Gasteiger partial charge in [-0.1, -0.05) is 18.2 Å². The van der Waals surface area contributed by atoms with Crippen LogP contribution >= 0.6 is 0 Å². The van der Waals surface area contributed by atoms with Crippen LogP contribution < -0.4 is 19.1 Å². The average molecular weight is 534 g/mol. The Labute approximate surface area is 229 Å². The molecule has 0 aliphatic rings. The molecular weight excluding hydrogens is 498 g/mol. The molecule has 9 nitrogen and oxygen atoms in total. The minimum absolute atomic E-state index is 0.0691. The van der Waals surface area contributed by atoms with E-state index in [0.717, 1.165) is 31.8 Å². The van der Waals surface area contributed by atoms with Gasteiger partial charge in [-0.25, -0.2) is 0 Å². The van der Waals surface area contributed by atoms with Gasteiger partial charge in [0.15, 0.2) is 11.5 Å². The van der Waals surface area contributed by atoms with E-state index >= 15 is 0 Å². The van der Waals surface area contributed by atoms with Crippen molar-refractivity contribution in [1.29, 1.82) is 0 Å². The number of hydrogen-bond donors (Lipinski definition) is 0. The molecule has 0 aliphatic heterocycles.